The van der Waals surface area contributed by atoms with Crippen LogP contribution < -0.4 is 10.1 Å². The number of aryl methyl sites for hydroxylation is 1. The number of rotatable bonds is 4. The molecule has 0 radical (unpaired) electrons. The third-order valence-electron chi connectivity index (χ3n) is 2.52. The normalized spacial score (nSPS) is 10.5. The molecule has 2 aromatic rings. The number of pyridine rings is 1. The Morgan fingerprint density at radius 2 is 2.11 bits per heavy atom. The van der Waals surface area contributed by atoms with Crippen LogP contribution in [0.25, 0.3) is 0 Å². The Balaban J connectivity index is 2.23. The molecule has 1 N–H and O–H groups in total. The minimum atomic E-state index is -0.353. The predicted molar refractivity (Wildman–Crippen MR) is 75.9 cm³/mol. The zero-order chi connectivity index (χ0) is 13.8. The number of aromatic nitrogens is 1. The van der Waals surface area contributed by atoms with Gasteiger partial charge in [-0.1, -0.05) is 15.9 Å². The second-order valence-corrected chi connectivity index (χ2v) is 5.12. The maximum atomic E-state index is 13.3. The van der Waals surface area contributed by atoms with Crippen LogP contribution in [0.3, 0.4) is 0 Å². The van der Waals surface area contributed by atoms with Crippen LogP contribution in [0.15, 0.2) is 34.9 Å². The average Bonchev–Trinajstić information content (AvgIpc) is 2.32. The second-order valence-electron chi connectivity index (χ2n) is 4.20. The highest BCUT2D eigenvalue weighted by molar-refractivity contribution is 9.10. The molecule has 0 bridgehead atoms. The van der Waals surface area contributed by atoms with Gasteiger partial charge in [0.25, 0.3) is 0 Å². The molecule has 3 nitrogen and oxygen atoms in total. The summed E-state index contributed by atoms with van der Waals surface area (Å²) in [6.45, 7) is 2.66. The van der Waals surface area contributed by atoms with Gasteiger partial charge in [0.1, 0.15) is 11.6 Å². The fourth-order valence-electron chi connectivity index (χ4n) is 1.73. The topological polar surface area (TPSA) is 34.2 Å². The van der Waals surface area contributed by atoms with Gasteiger partial charge in [-0.15, -0.1) is 0 Å². The van der Waals surface area contributed by atoms with Gasteiger partial charge in [0.15, 0.2) is 0 Å². The fraction of sp³-hybridized carbons (Fsp3) is 0.214. The monoisotopic (exact) mass is 324 g/mol. The Bertz CT molecular complexity index is 569. The summed E-state index contributed by atoms with van der Waals surface area (Å²) < 4.78 is 19.5. The van der Waals surface area contributed by atoms with Crippen molar-refractivity contribution in [3.05, 3.63) is 51.9 Å². The lowest BCUT2D eigenvalue weighted by Crippen LogP contribution is -2.06. The van der Waals surface area contributed by atoms with Crippen molar-refractivity contribution >= 4 is 15.9 Å². The zero-order valence-electron chi connectivity index (χ0n) is 10.7. The molecule has 2 rings (SSSR count). The van der Waals surface area contributed by atoms with E-state index in [-0.39, 0.29) is 5.82 Å². The summed E-state index contributed by atoms with van der Waals surface area (Å²) in [5, 5.41) is 3.06. The summed E-state index contributed by atoms with van der Waals surface area (Å²) in [5.74, 6) is 0.551. The molecule has 0 spiro atoms. The van der Waals surface area contributed by atoms with E-state index >= 15 is 0 Å². The van der Waals surface area contributed by atoms with Gasteiger partial charge in [-0.3, -0.25) is 0 Å². The third kappa shape index (κ3) is 3.75. The molecule has 0 aliphatic carbocycles. The molecule has 0 saturated carbocycles. The van der Waals surface area contributed by atoms with Gasteiger partial charge in [-0.25, -0.2) is 9.37 Å². The van der Waals surface area contributed by atoms with Gasteiger partial charge >= 0.3 is 0 Å². The van der Waals surface area contributed by atoms with Gasteiger partial charge < -0.3 is 10.1 Å². The molecule has 100 valence electrons. The first-order chi connectivity index (χ1) is 9.08. The van der Waals surface area contributed by atoms with E-state index in [1.807, 2.05) is 20.0 Å². The van der Waals surface area contributed by atoms with Crippen LogP contribution in [0, 0.1) is 12.7 Å². The standard InChI is InChI=1S/C14H14BrFN2O/c1-9-3-10(7-17-2)8-18-14(9)19-13-5-11(15)4-12(16)6-13/h3-6,8,17H,7H2,1-2H3. The van der Waals surface area contributed by atoms with Crippen LogP contribution in [-0.4, -0.2) is 12.0 Å². The van der Waals surface area contributed by atoms with Crippen LogP contribution in [-0.2, 0) is 6.54 Å². The van der Waals surface area contributed by atoms with Crippen molar-refractivity contribution in [1.29, 1.82) is 0 Å². The van der Waals surface area contributed by atoms with Crippen molar-refractivity contribution in [3.63, 3.8) is 0 Å². The maximum absolute atomic E-state index is 13.3. The predicted octanol–water partition coefficient (Wildman–Crippen LogP) is 3.80. The van der Waals surface area contributed by atoms with E-state index in [1.54, 1.807) is 12.3 Å². The van der Waals surface area contributed by atoms with E-state index in [1.165, 1.54) is 12.1 Å². The van der Waals surface area contributed by atoms with Gasteiger partial charge in [0.2, 0.25) is 5.88 Å². The highest BCUT2D eigenvalue weighted by Gasteiger charge is 2.06. The lowest BCUT2D eigenvalue weighted by atomic mass is 10.2. The largest absolute Gasteiger partial charge is 0.439 e. The Labute approximate surface area is 119 Å². The molecule has 19 heavy (non-hydrogen) atoms. The summed E-state index contributed by atoms with van der Waals surface area (Å²) >= 11 is 3.23. The number of hydrogen-bond acceptors (Lipinski definition) is 3. The fourth-order valence-corrected chi connectivity index (χ4v) is 2.17. The first kappa shape index (κ1) is 14.0. The minimum Gasteiger partial charge on any atom is -0.439 e. The van der Waals surface area contributed by atoms with Gasteiger partial charge in [0, 0.05) is 28.8 Å². The van der Waals surface area contributed by atoms with Crippen LogP contribution >= 0.6 is 15.9 Å². The molecule has 0 atom stereocenters. The Morgan fingerprint density at radius 3 is 2.74 bits per heavy atom. The highest BCUT2D eigenvalue weighted by Crippen LogP contribution is 2.26. The van der Waals surface area contributed by atoms with E-state index in [9.17, 15) is 4.39 Å². The first-order valence-electron chi connectivity index (χ1n) is 5.82. The molecule has 0 saturated heterocycles. The Kier molecular flexibility index (Phi) is 4.50. The Morgan fingerprint density at radius 1 is 1.32 bits per heavy atom. The van der Waals surface area contributed by atoms with Crippen molar-refractivity contribution in [1.82, 2.24) is 10.3 Å². The number of hydrogen-bond donors (Lipinski definition) is 1. The lowest BCUT2D eigenvalue weighted by Gasteiger charge is -2.09. The van der Waals surface area contributed by atoms with Crippen molar-refractivity contribution < 1.29 is 9.13 Å². The van der Waals surface area contributed by atoms with Crippen LogP contribution in [0.1, 0.15) is 11.1 Å². The molecule has 1 aromatic carbocycles. The highest BCUT2D eigenvalue weighted by atomic mass is 79.9. The summed E-state index contributed by atoms with van der Waals surface area (Å²) in [5.41, 5.74) is 1.99. The van der Waals surface area contributed by atoms with Crippen molar-refractivity contribution in [2.45, 2.75) is 13.5 Å². The lowest BCUT2D eigenvalue weighted by molar-refractivity contribution is 0.453. The summed E-state index contributed by atoms with van der Waals surface area (Å²) in [6.07, 6.45) is 1.74. The van der Waals surface area contributed by atoms with E-state index in [0.29, 0.717) is 16.1 Å². The average molecular weight is 325 g/mol. The van der Waals surface area contributed by atoms with E-state index < -0.39 is 0 Å². The minimum absolute atomic E-state index is 0.353. The second kappa shape index (κ2) is 6.12. The van der Waals surface area contributed by atoms with E-state index in [0.717, 1.165) is 17.7 Å². The first-order valence-corrected chi connectivity index (χ1v) is 6.62. The molecule has 1 aromatic heterocycles. The van der Waals surface area contributed by atoms with Gasteiger partial charge in [-0.05, 0) is 37.7 Å². The smallest absolute Gasteiger partial charge is 0.222 e. The van der Waals surface area contributed by atoms with Crippen molar-refractivity contribution in [2.75, 3.05) is 7.05 Å². The molecule has 5 heteroatoms. The Hall–Kier alpha value is -1.46. The van der Waals surface area contributed by atoms with E-state index in [2.05, 4.69) is 26.2 Å². The van der Waals surface area contributed by atoms with Crippen molar-refractivity contribution in [2.24, 2.45) is 0 Å². The quantitative estimate of drug-likeness (QED) is 0.928. The number of nitrogens with zero attached hydrogens (tertiary/aromatic N) is 1. The van der Waals surface area contributed by atoms with E-state index in [4.69, 9.17) is 4.74 Å². The zero-order valence-corrected chi connectivity index (χ0v) is 12.3. The van der Waals surface area contributed by atoms with Crippen LogP contribution in [0.4, 0.5) is 4.39 Å². The van der Waals surface area contributed by atoms with Crippen molar-refractivity contribution in [3.8, 4) is 11.6 Å². The summed E-state index contributed by atoms with van der Waals surface area (Å²) in [6, 6.07) is 6.40. The number of ether oxygens (including phenoxy) is 1. The summed E-state index contributed by atoms with van der Waals surface area (Å²) in [7, 11) is 1.88. The number of halogens is 2. The number of benzene rings is 1. The van der Waals surface area contributed by atoms with Crippen LogP contribution in [0.2, 0.25) is 0 Å². The van der Waals surface area contributed by atoms with Gasteiger partial charge in [0.05, 0.1) is 0 Å². The molecule has 0 fully saturated rings. The molecular weight excluding hydrogens is 311 g/mol. The molecule has 0 unspecified atom stereocenters. The van der Waals surface area contributed by atoms with Crippen LogP contribution in [0.5, 0.6) is 11.6 Å². The SMILES string of the molecule is CNCc1cnc(Oc2cc(F)cc(Br)c2)c(C)c1. The number of nitrogens with one attached hydrogen (secondary N) is 1. The molecular formula is C14H14BrFN2O. The summed E-state index contributed by atoms with van der Waals surface area (Å²) in [4.78, 5) is 4.25. The molecule has 0 aliphatic rings. The van der Waals surface area contributed by atoms with Gasteiger partial charge in [-0.2, -0.15) is 0 Å². The molecule has 1 heterocycles. The maximum Gasteiger partial charge on any atom is 0.222 e. The molecule has 0 aliphatic heterocycles. The molecule has 0 amide bonds. The third-order valence-corrected chi connectivity index (χ3v) is 2.98.